The van der Waals surface area contributed by atoms with E-state index in [1.165, 1.54) is 19.2 Å². The van der Waals surface area contributed by atoms with Crippen LogP contribution in [0.25, 0.3) is 0 Å². The van der Waals surface area contributed by atoms with Gasteiger partial charge >= 0.3 is 0 Å². The van der Waals surface area contributed by atoms with Crippen LogP contribution >= 0.6 is 15.9 Å². The largest absolute Gasteiger partial charge is 0.496 e. The molecule has 1 unspecified atom stereocenters. The lowest BCUT2D eigenvalue weighted by molar-refractivity contribution is -0.124. The number of carbonyl (C=O) groups excluding carboxylic acids is 2. The van der Waals surface area contributed by atoms with E-state index in [4.69, 9.17) is 4.74 Å². The minimum Gasteiger partial charge on any atom is -0.496 e. The number of halogens is 2. The summed E-state index contributed by atoms with van der Waals surface area (Å²) in [5.41, 5.74) is 0.973. The number of carbonyl (C=O) groups is 2. The summed E-state index contributed by atoms with van der Waals surface area (Å²) < 4.78 is 19.2. The first-order valence-electron chi connectivity index (χ1n) is 8.48. The molecule has 1 atom stereocenters. The Kier molecular flexibility index (Phi) is 7.36. The number of benzene rings is 2. The highest BCUT2D eigenvalue weighted by Crippen LogP contribution is 2.18. The second kappa shape index (κ2) is 9.50. The average molecular weight is 437 g/mol. The highest BCUT2D eigenvalue weighted by molar-refractivity contribution is 9.10. The van der Waals surface area contributed by atoms with E-state index in [2.05, 4.69) is 26.6 Å². The molecule has 0 aliphatic rings. The second-order valence-corrected chi connectivity index (χ2v) is 7.31. The van der Waals surface area contributed by atoms with Gasteiger partial charge in [-0.1, -0.05) is 41.9 Å². The molecule has 0 radical (unpaired) electrons. The van der Waals surface area contributed by atoms with Crippen LogP contribution in [-0.2, 0) is 11.3 Å². The number of ether oxygens (including phenoxy) is 1. The van der Waals surface area contributed by atoms with Gasteiger partial charge in [-0.3, -0.25) is 9.59 Å². The van der Waals surface area contributed by atoms with E-state index in [1.54, 1.807) is 30.3 Å². The molecule has 7 heteroatoms. The van der Waals surface area contributed by atoms with E-state index in [0.29, 0.717) is 21.3 Å². The third-order valence-corrected chi connectivity index (χ3v) is 4.43. The summed E-state index contributed by atoms with van der Waals surface area (Å²) in [6, 6.07) is 10.5. The van der Waals surface area contributed by atoms with Gasteiger partial charge in [0, 0.05) is 11.0 Å². The zero-order valence-electron chi connectivity index (χ0n) is 15.4. The molecule has 0 fully saturated rings. The highest BCUT2D eigenvalue weighted by atomic mass is 79.9. The molecule has 2 aromatic rings. The van der Waals surface area contributed by atoms with E-state index < -0.39 is 17.8 Å². The van der Waals surface area contributed by atoms with E-state index in [-0.39, 0.29) is 18.4 Å². The van der Waals surface area contributed by atoms with Gasteiger partial charge in [0.15, 0.2) is 0 Å². The van der Waals surface area contributed by atoms with Gasteiger partial charge in [0.25, 0.3) is 5.91 Å². The van der Waals surface area contributed by atoms with Gasteiger partial charge in [0.05, 0.1) is 12.7 Å². The van der Waals surface area contributed by atoms with Crippen molar-refractivity contribution < 1.29 is 18.7 Å². The minimum atomic E-state index is -0.737. The van der Waals surface area contributed by atoms with Crippen molar-refractivity contribution in [1.82, 2.24) is 10.6 Å². The number of hydrogen-bond acceptors (Lipinski definition) is 3. The monoisotopic (exact) mass is 436 g/mol. The standard InChI is InChI=1S/C20H22BrFN2O3/c1-12(2)18(24-19(25)16-6-4-5-7-17(16)27-3)20(26)23-11-13-8-14(21)10-15(22)9-13/h4-10,12,18H,11H2,1-3H3,(H,23,26)(H,24,25). The summed E-state index contributed by atoms with van der Waals surface area (Å²) in [4.78, 5) is 25.2. The maximum atomic E-state index is 13.5. The molecule has 0 aliphatic carbocycles. The third kappa shape index (κ3) is 5.79. The van der Waals surface area contributed by atoms with Crippen molar-refractivity contribution in [2.24, 2.45) is 5.92 Å². The first-order chi connectivity index (χ1) is 12.8. The number of para-hydroxylation sites is 1. The zero-order valence-corrected chi connectivity index (χ0v) is 17.0. The van der Waals surface area contributed by atoms with Gasteiger partial charge in [-0.2, -0.15) is 0 Å². The van der Waals surface area contributed by atoms with Crippen LogP contribution in [0.5, 0.6) is 5.75 Å². The molecule has 0 heterocycles. The molecule has 27 heavy (non-hydrogen) atoms. The number of methoxy groups -OCH3 is 1. The fourth-order valence-corrected chi connectivity index (χ4v) is 3.11. The predicted octanol–water partition coefficient (Wildman–Crippen LogP) is 3.67. The molecule has 0 saturated heterocycles. The second-order valence-electron chi connectivity index (χ2n) is 6.39. The van der Waals surface area contributed by atoms with E-state index in [1.807, 2.05) is 13.8 Å². The van der Waals surface area contributed by atoms with Crippen LogP contribution in [0.15, 0.2) is 46.9 Å². The lowest BCUT2D eigenvalue weighted by Crippen LogP contribution is -2.49. The van der Waals surface area contributed by atoms with Crippen molar-refractivity contribution in [3.8, 4) is 5.75 Å². The number of amides is 2. The minimum absolute atomic E-state index is 0.136. The summed E-state index contributed by atoms with van der Waals surface area (Å²) in [7, 11) is 1.48. The molecular weight excluding hydrogens is 415 g/mol. The number of nitrogens with one attached hydrogen (secondary N) is 2. The van der Waals surface area contributed by atoms with Gasteiger partial charge in [-0.25, -0.2) is 4.39 Å². The van der Waals surface area contributed by atoms with Crippen LogP contribution in [-0.4, -0.2) is 25.0 Å². The van der Waals surface area contributed by atoms with E-state index >= 15 is 0 Å². The quantitative estimate of drug-likeness (QED) is 0.695. The first-order valence-corrected chi connectivity index (χ1v) is 9.27. The maximum Gasteiger partial charge on any atom is 0.255 e. The Balaban J connectivity index is 2.07. The fourth-order valence-electron chi connectivity index (χ4n) is 2.60. The molecule has 0 spiro atoms. The number of rotatable bonds is 7. The van der Waals surface area contributed by atoms with Crippen molar-refractivity contribution in [2.45, 2.75) is 26.4 Å². The van der Waals surface area contributed by atoms with Crippen LogP contribution < -0.4 is 15.4 Å². The van der Waals surface area contributed by atoms with Crippen molar-refractivity contribution in [1.29, 1.82) is 0 Å². The SMILES string of the molecule is COc1ccccc1C(=O)NC(C(=O)NCc1cc(F)cc(Br)c1)C(C)C. The molecule has 2 aromatic carbocycles. The lowest BCUT2D eigenvalue weighted by Gasteiger charge is -2.22. The third-order valence-electron chi connectivity index (χ3n) is 3.98. The normalized spacial score (nSPS) is 11.8. The van der Waals surface area contributed by atoms with Crippen molar-refractivity contribution in [3.05, 3.63) is 63.9 Å². The summed E-state index contributed by atoms with van der Waals surface area (Å²) in [6.45, 7) is 3.83. The van der Waals surface area contributed by atoms with Gasteiger partial charge < -0.3 is 15.4 Å². The zero-order chi connectivity index (χ0) is 20.0. The molecule has 0 saturated carbocycles. The Morgan fingerprint density at radius 1 is 1.19 bits per heavy atom. The summed E-state index contributed by atoms with van der Waals surface area (Å²) in [5.74, 6) is -0.827. The molecule has 2 amide bonds. The van der Waals surface area contributed by atoms with Gasteiger partial charge in [-0.15, -0.1) is 0 Å². The van der Waals surface area contributed by atoms with E-state index in [9.17, 15) is 14.0 Å². The molecule has 0 aromatic heterocycles. The smallest absolute Gasteiger partial charge is 0.255 e. The summed E-state index contributed by atoms with van der Waals surface area (Å²) >= 11 is 3.22. The Morgan fingerprint density at radius 3 is 2.52 bits per heavy atom. The van der Waals surface area contributed by atoms with E-state index in [0.717, 1.165) is 0 Å². The Labute approximate surface area is 166 Å². The van der Waals surface area contributed by atoms with Crippen LogP contribution in [0.4, 0.5) is 4.39 Å². The summed E-state index contributed by atoms with van der Waals surface area (Å²) in [6.07, 6.45) is 0. The number of hydrogen-bond donors (Lipinski definition) is 2. The molecule has 0 aliphatic heterocycles. The maximum absolute atomic E-state index is 13.5. The van der Waals surface area contributed by atoms with Crippen LogP contribution in [0.2, 0.25) is 0 Å². The molecule has 2 N–H and O–H groups in total. The van der Waals surface area contributed by atoms with Crippen LogP contribution in [0.3, 0.4) is 0 Å². The topological polar surface area (TPSA) is 67.4 Å². The molecule has 0 bridgehead atoms. The fraction of sp³-hybridized carbons (Fsp3) is 0.300. The van der Waals surface area contributed by atoms with Crippen molar-refractivity contribution in [2.75, 3.05) is 7.11 Å². The Morgan fingerprint density at radius 2 is 1.89 bits per heavy atom. The van der Waals surface area contributed by atoms with Gasteiger partial charge in [0.1, 0.15) is 17.6 Å². The van der Waals surface area contributed by atoms with Crippen molar-refractivity contribution >= 4 is 27.7 Å². The predicted molar refractivity (Wildman–Crippen MR) is 105 cm³/mol. The Hall–Kier alpha value is -2.41. The lowest BCUT2D eigenvalue weighted by atomic mass is 10.0. The average Bonchev–Trinajstić information content (AvgIpc) is 2.62. The highest BCUT2D eigenvalue weighted by Gasteiger charge is 2.25. The van der Waals surface area contributed by atoms with Crippen molar-refractivity contribution in [3.63, 3.8) is 0 Å². The molecule has 2 rings (SSSR count). The first kappa shape index (κ1) is 20.9. The van der Waals surface area contributed by atoms with Crippen LogP contribution in [0, 0.1) is 11.7 Å². The molecular formula is C20H22BrFN2O3. The van der Waals surface area contributed by atoms with Crippen LogP contribution in [0.1, 0.15) is 29.8 Å². The summed E-state index contributed by atoms with van der Waals surface area (Å²) in [5, 5.41) is 5.50. The molecule has 5 nitrogen and oxygen atoms in total. The molecule has 144 valence electrons. The Bertz CT molecular complexity index is 806. The van der Waals surface area contributed by atoms with Gasteiger partial charge in [-0.05, 0) is 41.8 Å². The van der Waals surface area contributed by atoms with Gasteiger partial charge in [0.2, 0.25) is 5.91 Å².